The number of amides is 3. The Morgan fingerprint density at radius 2 is 2.10 bits per heavy atom. The van der Waals surface area contributed by atoms with E-state index in [1.807, 2.05) is 36.4 Å². The van der Waals surface area contributed by atoms with Crippen LogP contribution in [0.2, 0.25) is 0 Å². The quantitative estimate of drug-likeness (QED) is 0.545. The molecule has 2 aliphatic rings. The number of carbonyl (C=O) groups excluding carboxylic acids is 2. The largest absolute Gasteiger partial charge is 0.456 e. The van der Waals surface area contributed by atoms with Crippen LogP contribution in [0.15, 0.2) is 58.1 Å². The van der Waals surface area contributed by atoms with Gasteiger partial charge in [0, 0.05) is 29.6 Å². The molecular formula is C21H20N4O4S. The Labute approximate surface area is 175 Å². The SMILES string of the molecule is O=C1NC(=O)C2(CCCC2CNS(=O)c2ccc(-c3cc4ccccc4o3)cn2)N1. The summed E-state index contributed by atoms with van der Waals surface area (Å²) in [5.41, 5.74) is 0.703. The number of imide groups is 1. The molecule has 5 rings (SSSR count). The van der Waals surface area contributed by atoms with Crippen molar-refractivity contribution < 1.29 is 18.2 Å². The lowest BCUT2D eigenvalue weighted by Gasteiger charge is -2.27. The highest BCUT2D eigenvalue weighted by Gasteiger charge is 2.54. The van der Waals surface area contributed by atoms with Gasteiger partial charge in [0.1, 0.15) is 32.9 Å². The summed E-state index contributed by atoms with van der Waals surface area (Å²) in [5.74, 6) is 0.281. The lowest BCUT2D eigenvalue weighted by atomic mass is 9.87. The van der Waals surface area contributed by atoms with Gasteiger partial charge in [0.15, 0.2) is 0 Å². The Kier molecular flexibility index (Phi) is 4.63. The number of hydrogen-bond acceptors (Lipinski definition) is 5. The predicted molar refractivity (Wildman–Crippen MR) is 111 cm³/mol. The van der Waals surface area contributed by atoms with Crippen LogP contribution in [-0.4, -0.2) is 33.2 Å². The number of urea groups is 1. The predicted octanol–water partition coefficient (Wildman–Crippen LogP) is 2.49. The van der Waals surface area contributed by atoms with E-state index in [1.165, 1.54) is 0 Å². The lowest BCUT2D eigenvalue weighted by Crippen LogP contribution is -2.52. The second-order valence-corrected chi connectivity index (χ2v) is 8.86. The van der Waals surface area contributed by atoms with Crippen LogP contribution in [-0.2, 0) is 15.8 Å². The number of benzene rings is 1. The number of carbonyl (C=O) groups is 2. The van der Waals surface area contributed by atoms with Crippen LogP contribution in [0, 0.1) is 5.92 Å². The number of nitrogens with one attached hydrogen (secondary N) is 3. The molecule has 0 radical (unpaired) electrons. The van der Waals surface area contributed by atoms with Crippen molar-refractivity contribution in [1.82, 2.24) is 20.3 Å². The summed E-state index contributed by atoms with van der Waals surface area (Å²) in [6.07, 6.45) is 3.83. The van der Waals surface area contributed by atoms with Crippen molar-refractivity contribution in [1.29, 1.82) is 0 Å². The summed E-state index contributed by atoms with van der Waals surface area (Å²) in [6, 6.07) is 12.8. The van der Waals surface area contributed by atoms with Gasteiger partial charge >= 0.3 is 6.03 Å². The Hall–Kier alpha value is -3.04. The summed E-state index contributed by atoms with van der Waals surface area (Å²) in [7, 11) is -1.53. The van der Waals surface area contributed by atoms with Crippen LogP contribution in [0.4, 0.5) is 4.79 Å². The van der Waals surface area contributed by atoms with Crippen molar-refractivity contribution in [2.75, 3.05) is 6.54 Å². The Bertz CT molecular complexity index is 1130. The summed E-state index contributed by atoms with van der Waals surface area (Å²) < 4.78 is 21.5. The first kappa shape index (κ1) is 19.0. The van der Waals surface area contributed by atoms with Gasteiger partial charge in [-0.05, 0) is 37.1 Å². The third-order valence-corrected chi connectivity index (χ3v) is 6.94. The average molecular weight is 424 g/mol. The Morgan fingerprint density at radius 1 is 1.23 bits per heavy atom. The number of rotatable bonds is 5. The van der Waals surface area contributed by atoms with Crippen LogP contribution < -0.4 is 15.4 Å². The number of furan rings is 1. The Balaban J connectivity index is 1.26. The standard InChI is InChI=1S/C21H20N4O4S/c26-19-21(25-20(27)24-19)9-3-5-15(21)12-23-30(28)18-8-7-14(11-22-18)17-10-13-4-1-2-6-16(13)29-17/h1-2,4,6-8,10-11,15,23H,3,5,9,12H2,(H2,24,25,26,27). The van der Waals surface area contributed by atoms with Gasteiger partial charge < -0.3 is 9.73 Å². The normalized spacial score (nSPS) is 24.3. The van der Waals surface area contributed by atoms with Gasteiger partial charge in [-0.3, -0.25) is 10.1 Å². The van der Waals surface area contributed by atoms with Gasteiger partial charge in [0.25, 0.3) is 5.91 Å². The monoisotopic (exact) mass is 424 g/mol. The maximum atomic E-state index is 12.7. The van der Waals surface area contributed by atoms with E-state index in [2.05, 4.69) is 20.3 Å². The van der Waals surface area contributed by atoms with E-state index in [1.54, 1.807) is 12.3 Å². The summed E-state index contributed by atoms with van der Waals surface area (Å²) >= 11 is 0. The first-order valence-electron chi connectivity index (χ1n) is 9.79. The maximum Gasteiger partial charge on any atom is 0.322 e. The molecule has 3 aromatic rings. The van der Waals surface area contributed by atoms with Crippen LogP contribution >= 0.6 is 0 Å². The minimum Gasteiger partial charge on any atom is -0.456 e. The van der Waals surface area contributed by atoms with Crippen LogP contribution in [0.5, 0.6) is 0 Å². The molecule has 1 saturated carbocycles. The van der Waals surface area contributed by atoms with E-state index in [0.29, 0.717) is 23.8 Å². The first-order chi connectivity index (χ1) is 14.5. The number of aromatic nitrogens is 1. The van der Waals surface area contributed by atoms with E-state index >= 15 is 0 Å². The molecule has 9 heteroatoms. The zero-order chi connectivity index (χ0) is 20.7. The number of hydrogen-bond donors (Lipinski definition) is 3. The molecule has 3 amide bonds. The second kappa shape index (κ2) is 7.33. The van der Waals surface area contributed by atoms with Crippen LogP contribution in [0.1, 0.15) is 19.3 Å². The average Bonchev–Trinajstić information content (AvgIpc) is 3.43. The molecule has 1 aromatic carbocycles. The van der Waals surface area contributed by atoms with Crippen LogP contribution in [0.3, 0.4) is 0 Å². The number of pyridine rings is 1. The van der Waals surface area contributed by atoms with Crippen molar-refractivity contribution >= 4 is 33.9 Å². The van der Waals surface area contributed by atoms with Crippen molar-refractivity contribution in [3.05, 3.63) is 48.7 Å². The summed E-state index contributed by atoms with van der Waals surface area (Å²) in [4.78, 5) is 28.2. The van der Waals surface area contributed by atoms with Gasteiger partial charge in [0.05, 0.1) is 0 Å². The van der Waals surface area contributed by atoms with Crippen LogP contribution in [0.25, 0.3) is 22.3 Å². The zero-order valence-corrected chi connectivity index (χ0v) is 16.8. The second-order valence-electron chi connectivity index (χ2n) is 7.62. The molecule has 3 heterocycles. The zero-order valence-electron chi connectivity index (χ0n) is 16.0. The van der Waals surface area contributed by atoms with E-state index < -0.39 is 22.6 Å². The van der Waals surface area contributed by atoms with E-state index in [0.717, 1.165) is 29.4 Å². The topological polar surface area (TPSA) is 113 Å². The molecule has 154 valence electrons. The molecule has 8 nitrogen and oxygen atoms in total. The summed E-state index contributed by atoms with van der Waals surface area (Å²) in [6.45, 7) is 0.341. The van der Waals surface area contributed by atoms with E-state index in [-0.39, 0.29) is 11.8 Å². The molecule has 1 aliphatic carbocycles. The molecule has 1 spiro atoms. The maximum absolute atomic E-state index is 12.7. The van der Waals surface area contributed by atoms with Gasteiger partial charge in [-0.1, -0.05) is 24.6 Å². The molecule has 2 aromatic heterocycles. The van der Waals surface area contributed by atoms with Gasteiger partial charge in [-0.25, -0.2) is 18.7 Å². The minimum atomic E-state index is -1.53. The van der Waals surface area contributed by atoms with E-state index in [4.69, 9.17) is 4.42 Å². The third-order valence-electron chi connectivity index (χ3n) is 5.89. The highest BCUT2D eigenvalue weighted by atomic mass is 32.2. The van der Waals surface area contributed by atoms with Gasteiger partial charge in [0.2, 0.25) is 0 Å². The fraction of sp³-hybridized carbons (Fsp3) is 0.286. The number of para-hydroxylation sites is 1. The summed E-state index contributed by atoms with van der Waals surface area (Å²) in [5, 5.41) is 6.48. The molecule has 3 N–H and O–H groups in total. The van der Waals surface area contributed by atoms with E-state index in [9.17, 15) is 13.8 Å². The van der Waals surface area contributed by atoms with Crippen molar-refractivity contribution in [2.45, 2.75) is 29.8 Å². The highest BCUT2D eigenvalue weighted by molar-refractivity contribution is 7.83. The number of nitrogens with zero attached hydrogens (tertiary/aromatic N) is 1. The molecule has 3 unspecified atom stereocenters. The molecule has 1 aliphatic heterocycles. The lowest BCUT2D eigenvalue weighted by molar-refractivity contribution is -0.125. The van der Waals surface area contributed by atoms with Crippen molar-refractivity contribution in [3.8, 4) is 11.3 Å². The molecule has 0 bridgehead atoms. The van der Waals surface area contributed by atoms with Gasteiger partial charge in [-0.2, -0.15) is 0 Å². The van der Waals surface area contributed by atoms with Crippen molar-refractivity contribution in [3.63, 3.8) is 0 Å². The third kappa shape index (κ3) is 3.20. The Morgan fingerprint density at radius 3 is 2.83 bits per heavy atom. The molecule has 1 saturated heterocycles. The fourth-order valence-electron chi connectivity index (χ4n) is 4.33. The molecule has 2 fully saturated rings. The van der Waals surface area contributed by atoms with Gasteiger partial charge in [-0.15, -0.1) is 0 Å². The molecule has 3 atom stereocenters. The highest BCUT2D eigenvalue weighted by Crippen LogP contribution is 2.37. The minimum absolute atomic E-state index is 0.122. The first-order valence-corrected chi connectivity index (χ1v) is 10.9. The smallest absolute Gasteiger partial charge is 0.322 e. The molecular weight excluding hydrogens is 404 g/mol. The number of fused-ring (bicyclic) bond motifs is 1. The fourth-order valence-corrected chi connectivity index (χ4v) is 5.17. The molecule has 30 heavy (non-hydrogen) atoms. The van der Waals surface area contributed by atoms with Crippen molar-refractivity contribution in [2.24, 2.45) is 5.92 Å².